The topological polar surface area (TPSA) is 65.8 Å². The molecule has 178 valence electrons. The molecule has 0 saturated carbocycles. The SMILES string of the molecule is Cc1cc([C@@H]2[C@@H](c3ccccn3)NC(=S)N2CCO)c(C)n1-c1ccc(N2CCOCC2)cc1. The second kappa shape index (κ2) is 9.74. The average molecular weight is 478 g/mol. The number of hydrogen-bond donors (Lipinski definition) is 2. The number of hydrogen-bond acceptors (Lipinski definition) is 5. The number of aryl methyl sites for hydroxylation is 1. The summed E-state index contributed by atoms with van der Waals surface area (Å²) in [6, 6.07) is 16.8. The third kappa shape index (κ3) is 4.17. The van der Waals surface area contributed by atoms with E-state index in [0.29, 0.717) is 11.7 Å². The second-order valence-corrected chi connectivity index (χ2v) is 9.21. The number of benzene rings is 1. The number of β-amino-alcohol motifs (C(OH)–C–C–N with tert-alkyl or cyclic N) is 1. The highest BCUT2D eigenvalue weighted by atomic mass is 32.1. The molecule has 0 spiro atoms. The molecule has 2 aliphatic heterocycles. The maximum Gasteiger partial charge on any atom is 0.170 e. The Morgan fingerprint density at radius 2 is 1.82 bits per heavy atom. The monoisotopic (exact) mass is 477 g/mol. The first-order chi connectivity index (χ1) is 16.6. The van der Waals surface area contributed by atoms with Crippen LogP contribution in [-0.2, 0) is 4.74 Å². The summed E-state index contributed by atoms with van der Waals surface area (Å²) in [5.74, 6) is 0. The molecule has 0 unspecified atom stereocenters. The first kappa shape index (κ1) is 22.8. The van der Waals surface area contributed by atoms with Crippen LogP contribution in [0.2, 0.25) is 0 Å². The standard InChI is InChI=1S/C26H31N5O2S/c1-18-17-22(25-24(23-5-3-4-10-27-23)28-26(34)30(25)11-14-32)19(2)31(18)21-8-6-20(7-9-21)29-12-15-33-16-13-29/h3-10,17,24-25,32H,11-16H2,1-2H3,(H,28,34)/t24-,25-/m1/s1. The molecular formula is C26H31N5O2S. The molecule has 3 aromatic rings. The lowest BCUT2D eigenvalue weighted by atomic mass is 9.97. The van der Waals surface area contributed by atoms with Gasteiger partial charge in [-0.05, 0) is 74.1 Å². The molecule has 8 heteroatoms. The van der Waals surface area contributed by atoms with Gasteiger partial charge in [-0.25, -0.2) is 0 Å². The van der Waals surface area contributed by atoms with E-state index in [1.54, 1.807) is 0 Å². The number of pyridine rings is 1. The summed E-state index contributed by atoms with van der Waals surface area (Å²) >= 11 is 5.67. The smallest absolute Gasteiger partial charge is 0.170 e. The van der Waals surface area contributed by atoms with Gasteiger partial charge in [-0.3, -0.25) is 4.98 Å². The van der Waals surface area contributed by atoms with Crippen LogP contribution in [0.25, 0.3) is 5.69 Å². The Balaban J connectivity index is 1.51. The zero-order valence-electron chi connectivity index (χ0n) is 19.6. The van der Waals surface area contributed by atoms with Gasteiger partial charge in [-0.1, -0.05) is 6.07 Å². The lowest BCUT2D eigenvalue weighted by Crippen LogP contribution is -2.36. The fraction of sp³-hybridized carbons (Fsp3) is 0.385. The van der Waals surface area contributed by atoms with E-state index in [2.05, 4.69) is 68.8 Å². The number of anilines is 1. The van der Waals surface area contributed by atoms with Gasteiger partial charge in [0.05, 0.1) is 37.6 Å². The van der Waals surface area contributed by atoms with Crippen molar-refractivity contribution in [1.29, 1.82) is 0 Å². The Labute approximate surface area is 206 Å². The molecule has 0 aliphatic carbocycles. The van der Waals surface area contributed by atoms with Gasteiger partial charge < -0.3 is 29.5 Å². The van der Waals surface area contributed by atoms with Crippen molar-refractivity contribution in [1.82, 2.24) is 19.8 Å². The molecule has 0 bridgehead atoms. The van der Waals surface area contributed by atoms with Crippen LogP contribution in [0.5, 0.6) is 0 Å². The van der Waals surface area contributed by atoms with Gasteiger partial charge in [-0.15, -0.1) is 0 Å². The van der Waals surface area contributed by atoms with E-state index in [1.165, 1.54) is 11.3 Å². The minimum atomic E-state index is -0.0853. The van der Waals surface area contributed by atoms with E-state index in [4.69, 9.17) is 17.0 Å². The van der Waals surface area contributed by atoms with Gasteiger partial charge in [0.2, 0.25) is 0 Å². The number of aromatic nitrogens is 2. The number of aliphatic hydroxyl groups is 1. The molecule has 2 aromatic heterocycles. The largest absolute Gasteiger partial charge is 0.395 e. The minimum absolute atomic E-state index is 0.0367. The Morgan fingerprint density at radius 1 is 1.09 bits per heavy atom. The van der Waals surface area contributed by atoms with Crippen molar-refractivity contribution in [3.8, 4) is 5.69 Å². The third-order valence-corrected chi connectivity index (χ3v) is 7.16. The molecular weight excluding hydrogens is 446 g/mol. The van der Waals surface area contributed by atoms with Crippen LogP contribution in [0.3, 0.4) is 0 Å². The Morgan fingerprint density at radius 3 is 2.50 bits per heavy atom. The fourth-order valence-electron chi connectivity index (χ4n) is 5.21. The zero-order chi connectivity index (χ0) is 23.7. The average Bonchev–Trinajstić information content (AvgIpc) is 3.35. The summed E-state index contributed by atoms with van der Waals surface area (Å²) in [6.45, 7) is 8.21. The highest BCUT2D eigenvalue weighted by Crippen LogP contribution is 2.41. The minimum Gasteiger partial charge on any atom is -0.395 e. The molecule has 2 N–H and O–H groups in total. The van der Waals surface area contributed by atoms with Crippen molar-refractivity contribution in [2.24, 2.45) is 0 Å². The first-order valence-corrected chi connectivity index (χ1v) is 12.2. The molecule has 4 heterocycles. The normalized spacial score (nSPS) is 20.6. The summed E-state index contributed by atoms with van der Waals surface area (Å²) in [6.07, 6.45) is 1.81. The Hall–Kier alpha value is -2.94. The Kier molecular flexibility index (Phi) is 6.54. The van der Waals surface area contributed by atoms with Gasteiger partial charge in [0, 0.05) is 48.6 Å². The van der Waals surface area contributed by atoms with Gasteiger partial charge in [-0.2, -0.15) is 0 Å². The zero-order valence-corrected chi connectivity index (χ0v) is 20.5. The van der Waals surface area contributed by atoms with Crippen LogP contribution in [0.15, 0.2) is 54.7 Å². The van der Waals surface area contributed by atoms with Gasteiger partial charge in [0.15, 0.2) is 5.11 Å². The molecule has 5 rings (SSSR count). The number of nitrogens with one attached hydrogen (secondary N) is 1. The lowest BCUT2D eigenvalue weighted by Gasteiger charge is -2.29. The molecule has 7 nitrogen and oxygen atoms in total. The van der Waals surface area contributed by atoms with Gasteiger partial charge in [0.1, 0.15) is 0 Å². The van der Waals surface area contributed by atoms with Crippen molar-refractivity contribution in [3.63, 3.8) is 0 Å². The number of rotatable bonds is 6. The predicted octanol–water partition coefficient (Wildman–Crippen LogP) is 3.29. The summed E-state index contributed by atoms with van der Waals surface area (Å²) in [7, 11) is 0. The summed E-state index contributed by atoms with van der Waals surface area (Å²) in [5, 5.41) is 13.8. The number of morpholine rings is 1. The molecule has 2 aliphatic rings. The van der Waals surface area contributed by atoms with Crippen LogP contribution < -0.4 is 10.2 Å². The van der Waals surface area contributed by atoms with E-state index < -0.39 is 0 Å². The van der Waals surface area contributed by atoms with Crippen LogP contribution in [0.4, 0.5) is 5.69 Å². The molecule has 1 aromatic carbocycles. The van der Waals surface area contributed by atoms with Crippen LogP contribution >= 0.6 is 12.2 Å². The maximum absolute atomic E-state index is 9.74. The molecule has 2 atom stereocenters. The van der Waals surface area contributed by atoms with E-state index in [1.807, 2.05) is 24.4 Å². The van der Waals surface area contributed by atoms with Crippen molar-refractivity contribution < 1.29 is 9.84 Å². The van der Waals surface area contributed by atoms with Crippen LogP contribution in [-0.4, -0.2) is 64.1 Å². The lowest BCUT2D eigenvalue weighted by molar-refractivity contribution is 0.122. The fourth-order valence-corrected chi connectivity index (χ4v) is 5.54. The van der Waals surface area contributed by atoms with Crippen molar-refractivity contribution in [2.75, 3.05) is 44.4 Å². The van der Waals surface area contributed by atoms with E-state index >= 15 is 0 Å². The van der Waals surface area contributed by atoms with Gasteiger partial charge >= 0.3 is 0 Å². The molecule has 0 amide bonds. The number of nitrogens with zero attached hydrogens (tertiary/aromatic N) is 4. The molecule has 0 radical (unpaired) electrons. The second-order valence-electron chi connectivity index (χ2n) is 8.82. The number of thiocarbonyl (C=S) groups is 1. The summed E-state index contributed by atoms with van der Waals surface area (Å²) in [5.41, 5.74) is 6.81. The van der Waals surface area contributed by atoms with Crippen molar-refractivity contribution >= 4 is 23.0 Å². The van der Waals surface area contributed by atoms with Crippen molar-refractivity contribution in [2.45, 2.75) is 25.9 Å². The first-order valence-electron chi connectivity index (χ1n) is 11.8. The highest BCUT2D eigenvalue weighted by molar-refractivity contribution is 7.80. The molecule has 34 heavy (non-hydrogen) atoms. The van der Waals surface area contributed by atoms with E-state index in [0.717, 1.165) is 49.1 Å². The van der Waals surface area contributed by atoms with Crippen molar-refractivity contribution in [3.05, 3.63) is 77.4 Å². The maximum atomic E-state index is 9.74. The third-order valence-electron chi connectivity index (χ3n) is 6.81. The molecule has 2 saturated heterocycles. The number of ether oxygens (including phenoxy) is 1. The van der Waals surface area contributed by atoms with E-state index in [9.17, 15) is 5.11 Å². The van der Waals surface area contributed by atoms with Gasteiger partial charge in [0.25, 0.3) is 0 Å². The van der Waals surface area contributed by atoms with Crippen LogP contribution in [0.1, 0.15) is 34.7 Å². The van der Waals surface area contributed by atoms with E-state index in [-0.39, 0.29) is 18.7 Å². The molecule has 2 fully saturated rings. The quantitative estimate of drug-likeness (QED) is 0.528. The highest BCUT2D eigenvalue weighted by Gasteiger charge is 2.41. The van der Waals surface area contributed by atoms with Crippen LogP contribution in [0, 0.1) is 13.8 Å². The Bertz CT molecular complexity index is 1140. The summed E-state index contributed by atoms with van der Waals surface area (Å²) < 4.78 is 7.79. The summed E-state index contributed by atoms with van der Waals surface area (Å²) in [4.78, 5) is 9.06. The predicted molar refractivity (Wildman–Crippen MR) is 138 cm³/mol. The number of aliphatic hydroxyl groups excluding tert-OH is 1.